The molecule has 0 saturated heterocycles. The van der Waals surface area contributed by atoms with Crippen molar-refractivity contribution >= 4 is 23.9 Å². The molecule has 30 heavy (non-hydrogen) atoms. The quantitative estimate of drug-likeness (QED) is 0.574. The zero-order valence-electron chi connectivity index (χ0n) is 16.8. The predicted molar refractivity (Wildman–Crippen MR) is 115 cm³/mol. The van der Waals surface area contributed by atoms with E-state index in [9.17, 15) is 23.5 Å². The van der Waals surface area contributed by atoms with Crippen LogP contribution in [0.15, 0.2) is 48.3 Å². The summed E-state index contributed by atoms with van der Waals surface area (Å²) < 4.78 is 26.4. The minimum Gasteiger partial charge on any atom is -0.477 e. The van der Waals surface area contributed by atoms with Gasteiger partial charge < -0.3 is 10.4 Å². The van der Waals surface area contributed by atoms with E-state index in [0.717, 1.165) is 5.69 Å². The summed E-state index contributed by atoms with van der Waals surface area (Å²) in [6, 6.07) is 7.35. The van der Waals surface area contributed by atoms with E-state index in [1.165, 1.54) is 35.0 Å². The molecule has 1 aromatic heterocycles. The molecule has 6 nitrogen and oxygen atoms in total. The van der Waals surface area contributed by atoms with E-state index in [2.05, 4.69) is 23.4 Å². The highest BCUT2D eigenvalue weighted by Crippen LogP contribution is 2.20. The first-order valence-corrected chi connectivity index (χ1v) is 9.43. The fourth-order valence-corrected chi connectivity index (χ4v) is 3.09. The van der Waals surface area contributed by atoms with Gasteiger partial charge in [0.2, 0.25) is 0 Å². The van der Waals surface area contributed by atoms with Gasteiger partial charge in [-0.15, -0.1) is 0 Å². The number of aromatic nitrogens is 1. The molecule has 0 spiro atoms. The summed E-state index contributed by atoms with van der Waals surface area (Å²) in [6.45, 7) is 11.5. The molecule has 0 aliphatic rings. The Labute approximate surface area is 173 Å². The van der Waals surface area contributed by atoms with Crippen molar-refractivity contribution in [3.63, 3.8) is 0 Å². The van der Waals surface area contributed by atoms with Crippen molar-refractivity contribution in [3.8, 4) is 0 Å². The van der Waals surface area contributed by atoms with Gasteiger partial charge in [0.05, 0.1) is 5.69 Å². The molecule has 0 saturated carbocycles. The lowest BCUT2D eigenvalue weighted by molar-refractivity contribution is 0.0694. The third-order valence-corrected chi connectivity index (χ3v) is 4.72. The lowest BCUT2D eigenvalue weighted by Gasteiger charge is -2.23. The van der Waals surface area contributed by atoms with E-state index in [1.807, 2.05) is 6.92 Å². The third-order valence-electron chi connectivity index (χ3n) is 4.72. The van der Waals surface area contributed by atoms with Crippen molar-refractivity contribution in [1.29, 1.82) is 0 Å². The van der Waals surface area contributed by atoms with Crippen LogP contribution in [0.5, 0.6) is 0 Å². The normalized spacial score (nSPS) is 11.0. The second kappa shape index (κ2) is 10.5. The monoisotopic (exact) mass is 417 g/mol. The standard InChI is InChI=1S/C22H25F2N3O3/c1-4-19-16(13-18(22(29)30)21(28)27(19)6-3)14-26(5-2)12-11-25-17-9-7-15(8-10-17)20(23)24/h4,6-10,13,20,25H,1,3,5,11-12,14H2,2H3,(H,29,30). The lowest BCUT2D eigenvalue weighted by Crippen LogP contribution is -2.31. The Morgan fingerprint density at radius 3 is 2.47 bits per heavy atom. The number of hydrogen-bond donors (Lipinski definition) is 2. The second-order valence-electron chi connectivity index (χ2n) is 6.55. The molecule has 0 amide bonds. The number of alkyl halides is 2. The molecule has 1 aromatic carbocycles. The maximum atomic E-state index is 12.6. The Kier molecular flexibility index (Phi) is 8.06. The zero-order valence-corrected chi connectivity index (χ0v) is 16.8. The summed E-state index contributed by atoms with van der Waals surface area (Å²) in [5, 5.41) is 12.5. The molecule has 0 atom stereocenters. The summed E-state index contributed by atoms with van der Waals surface area (Å²) in [5.74, 6) is -1.30. The van der Waals surface area contributed by atoms with Gasteiger partial charge in [-0.2, -0.15) is 0 Å². The van der Waals surface area contributed by atoms with Gasteiger partial charge in [-0.3, -0.25) is 14.3 Å². The van der Waals surface area contributed by atoms with E-state index in [0.29, 0.717) is 37.4 Å². The predicted octanol–water partition coefficient (Wildman–Crippen LogP) is 4.16. The first-order chi connectivity index (χ1) is 14.3. The van der Waals surface area contributed by atoms with Gasteiger partial charge in [0, 0.05) is 37.1 Å². The Balaban J connectivity index is 2.14. The number of aromatic carboxylic acids is 1. The number of anilines is 1. The van der Waals surface area contributed by atoms with Crippen LogP contribution in [0.25, 0.3) is 12.3 Å². The van der Waals surface area contributed by atoms with Crippen LogP contribution in [0, 0.1) is 0 Å². The van der Waals surface area contributed by atoms with E-state index in [1.54, 1.807) is 12.1 Å². The minimum atomic E-state index is -2.50. The zero-order chi connectivity index (χ0) is 22.3. The first-order valence-electron chi connectivity index (χ1n) is 9.43. The van der Waals surface area contributed by atoms with Crippen LogP contribution < -0.4 is 10.9 Å². The van der Waals surface area contributed by atoms with Crippen LogP contribution in [0.1, 0.15) is 40.5 Å². The highest BCUT2D eigenvalue weighted by Gasteiger charge is 2.17. The maximum absolute atomic E-state index is 12.6. The van der Waals surface area contributed by atoms with Gasteiger partial charge in [0.25, 0.3) is 12.0 Å². The molecule has 0 aliphatic heterocycles. The fourth-order valence-electron chi connectivity index (χ4n) is 3.09. The smallest absolute Gasteiger partial charge is 0.341 e. The Hall–Kier alpha value is -3.26. The molecule has 160 valence electrons. The summed E-state index contributed by atoms with van der Waals surface area (Å²) in [7, 11) is 0. The number of hydrogen-bond acceptors (Lipinski definition) is 4. The van der Waals surface area contributed by atoms with E-state index in [-0.39, 0.29) is 11.1 Å². The van der Waals surface area contributed by atoms with E-state index < -0.39 is 18.0 Å². The average Bonchev–Trinajstić information content (AvgIpc) is 2.73. The van der Waals surface area contributed by atoms with Crippen LogP contribution >= 0.6 is 0 Å². The van der Waals surface area contributed by atoms with Gasteiger partial charge in [0.15, 0.2) is 0 Å². The second-order valence-corrected chi connectivity index (χ2v) is 6.55. The van der Waals surface area contributed by atoms with Gasteiger partial charge in [-0.05, 0) is 36.4 Å². The topological polar surface area (TPSA) is 74.6 Å². The van der Waals surface area contributed by atoms with Crippen molar-refractivity contribution < 1.29 is 18.7 Å². The van der Waals surface area contributed by atoms with Crippen molar-refractivity contribution in [2.24, 2.45) is 0 Å². The highest BCUT2D eigenvalue weighted by atomic mass is 19.3. The number of carboxylic acid groups (broad SMARTS) is 1. The summed E-state index contributed by atoms with van der Waals surface area (Å²) in [5.41, 5.74) is 0.853. The molecule has 0 fully saturated rings. The van der Waals surface area contributed by atoms with Gasteiger partial charge in [-0.25, -0.2) is 13.6 Å². The molecule has 8 heteroatoms. The minimum absolute atomic E-state index is 0.0285. The molecule has 0 radical (unpaired) electrons. The number of likely N-dealkylation sites (N-methyl/N-ethyl adjacent to an activating group) is 1. The Morgan fingerprint density at radius 2 is 1.97 bits per heavy atom. The molecule has 0 aliphatic carbocycles. The Morgan fingerprint density at radius 1 is 1.30 bits per heavy atom. The summed E-state index contributed by atoms with van der Waals surface area (Å²) in [6.07, 6.45) is 0.278. The van der Waals surface area contributed by atoms with Gasteiger partial charge in [-0.1, -0.05) is 32.2 Å². The van der Waals surface area contributed by atoms with Crippen molar-refractivity contribution in [2.75, 3.05) is 25.0 Å². The molecular formula is C22H25F2N3O3. The maximum Gasteiger partial charge on any atom is 0.341 e. The number of halogens is 2. The largest absolute Gasteiger partial charge is 0.477 e. The molecule has 2 N–H and O–H groups in total. The van der Waals surface area contributed by atoms with Gasteiger partial charge >= 0.3 is 5.97 Å². The molecule has 1 heterocycles. The molecule has 2 aromatic rings. The SMILES string of the molecule is C=Cc1c(CN(CC)CCNc2ccc(C(F)F)cc2)cc(C(=O)O)c(=O)n1C=C. The van der Waals surface area contributed by atoms with Crippen LogP contribution in [-0.4, -0.2) is 40.2 Å². The lowest BCUT2D eigenvalue weighted by atomic mass is 10.1. The van der Waals surface area contributed by atoms with Crippen LogP contribution in [0.4, 0.5) is 14.5 Å². The van der Waals surface area contributed by atoms with Crippen molar-refractivity contribution in [1.82, 2.24) is 9.47 Å². The van der Waals surface area contributed by atoms with E-state index in [4.69, 9.17) is 0 Å². The number of nitrogens with zero attached hydrogens (tertiary/aromatic N) is 2. The number of carboxylic acids is 1. The highest BCUT2D eigenvalue weighted by molar-refractivity contribution is 5.87. The van der Waals surface area contributed by atoms with Crippen LogP contribution in [0.3, 0.4) is 0 Å². The first kappa shape index (κ1) is 23.0. The molecule has 2 rings (SSSR count). The fraction of sp³-hybridized carbons (Fsp3) is 0.273. The van der Waals surface area contributed by atoms with E-state index >= 15 is 0 Å². The number of nitrogens with one attached hydrogen (secondary N) is 1. The summed E-state index contributed by atoms with van der Waals surface area (Å²) in [4.78, 5) is 25.8. The molecule has 0 bridgehead atoms. The van der Waals surface area contributed by atoms with Crippen molar-refractivity contribution in [3.05, 3.63) is 76.2 Å². The van der Waals surface area contributed by atoms with Crippen molar-refractivity contribution in [2.45, 2.75) is 19.9 Å². The molecular weight excluding hydrogens is 392 g/mol. The summed E-state index contributed by atoms with van der Waals surface area (Å²) >= 11 is 0. The van der Waals surface area contributed by atoms with Crippen LogP contribution in [-0.2, 0) is 6.54 Å². The molecule has 0 unspecified atom stereocenters. The number of benzene rings is 1. The number of pyridine rings is 1. The Bertz CT molecular complexity index is 969. The number of rotatable bonds is 11. The number of carbonyl (C=O) groups is 1. The van der Waals surface area contributed by atoms with Gasteiger partial charge in [0.1, 0.15) is 5.56 Å². The average molecular weight is 417 g/mol. The third kappa shape index (κ3) is 5.42. The van der Waals surface area contributed by atoms with Crippen LogP contribution in [0.2, 0.25) is 0 Å².